The van der Waals surface area contributed by atoms with Crippen molar-refractivity contribution in [2.75, 3.05) is 6.54 Å². The highest BCUT2D eigenvalue weighted by Crippen LogP contribution is 2.58. The number of phenols is 1. The summed E-state index contributed by atoms with van der Waals surface area (Å²) in [6.07, 6.45) is 8.33. The number of piperidine rings is 1. The standard InChI is InChI=1S/C19H25NO/c1-19-10-13-8-16(15-5-4-14(21)9-17(15)19)18(11-19)20(13)7-6-12-2-3-12/h4-5,9,12-13,16,18,21H,2-3,6-8,10-11H2,1H3. The van der Waals surface area contributed by atoms with Crippen molar-refractivity contribution in [3.05, 3.63) is 29.3 Å². The second kappa shape index (κ2) is 4.04. The summed E-state index contributed by atoms with van der Waals surface area (Å²) in [5, 5.41) is 9.89. The molecule has 2 saturated heterocycles. The van der Waals surface area contributed by atoms with Gasteiger partial charge in [0.25, 0.3) is 0 Å². The van der Waals surface area contributed by atoms with Crippen molar-refractivity contribution in [3.8, 4) is 5.75 Å². The van der Waals surface area contributed by atoms with E-state index in [1.54, 1.807) is 5.56 Å². The van der Waals surface area contributed by atoms with Gasteiger partial charge in [0, 0.05) is 18.0 Å². The maximum Gasteiger partial charge on any atom is 0.115 e. The molecule has 5 rings (SSSR count). The number of nitrogens with zero attached hydrogens (tertiary/aromatic N) is 1. The number of benzene rings is 1. The first-order valence-electron chi connectivity index (χ1n) is 8.73. The minimum atomic E-state index is 0.298. The van der Waals surface area contributed by atoms with Gasteiger partial charge >= 0.3 is 0 Å². The monoisotopic (exact) mass is 283 g/mol. The Morgan fingerprint density at radius 3 is 2.95 bits per heavy atom. The highest BCUT2D eigenvalue weighted by Gasteiger charge is 2.56. The van der Waals surface area contributed by atoms with E-state index in [0.29, 0.717) is 11.2 Å². The Labute approximate surface area is 127 Å². The van der Waals surface area contributed by atoms with Gasteiger partial charge in [0.05, 0.1) is 0 Å². The lowest BCUT2D eigenvalue weighted by molar-refractivity contribution is 0.0775. The zero-order valence-electron chi connectivity index (χ0n) is 12.9. The van der Waals surface area contributed by atoms with E-state index in [1.807, 2.05) is 6.07 Å². The van der Waals surface area contributed by atoms with Gasteiger partial charge in [0.1, 0.15) is 5.75 Å². The molecule has 112 valence electrons. The molecule has 0 spiro atoms. The van der Waals surface area contributed by atoms with E-state index < -0.39 is 0 Å². The van der Waals surface area contributed by atoms with E-state index in [0.717, 1.165) is 23.9 Å². The number of fused-ring (bicyclic) bond motifs is 5. The number of hydrogen-bond donors (Lipinski definition) is 1. The van der Waals surface area contributed by atoms with Crippen molar-refractivity contribution < 1.29 is 5.11 Å². The summed E-state index contributed by atoms with van der Waals surface area (Å²) in [5.41, 5.74) is 3.29. The Morgan fingerprint density at radius 2 is 2.14 bits per heavy atom. The molecule has 4 atom stereocenters. The molecule has 4 unspecified atom stereocenters. The molecular formula is C19H25NO. The van der Waals surface area contributed by atoms with Gasteiger partial charge in [-0.15, -0.1) is 0 Å². The highest BCUT2D eigenvalue weighted by molar-refractivity contribution is 5.47. The Kier molecular flexibility index (Phi) is 2.41. The molecule has 2 nitrogen and oxygen atoms in total. The van der Waals surface area contributed by atoms with Crippen molar-refractivity contribution in [1.82, 2.24) is 4.90 Å². The summed E-state index contributed by atoms with van der Waals surface area (Å²) >= 11 is 0. The van der Waals surface area contributed by atoms with Crippen molar-refractivity contribution in [1.29, 1.82) is 0 Å². The second-order valence-electron chi connectivity index (χ2n) is 8.27. The molecule has 2 aliphatic carbocycles. The third-order valence-corrected chi connectivity index (χ3v) is 6.81. The van der Waals surface area contributed by atoms with Crippen LogP contribution in [0.4, 0.5) is 0 Å². The van der Waals surface area contributed by atoms with Crippen LogP contribution >= 0.6 is 0 Å². The molecule has 2 aliphatic heterocycles. The van der Waals surface area contributed by atoms with Gasteiger partial charge in [-0.2, -0.15) is 0 Å². The fourth-order valence-corrected chi connectivity index (χ4v) is 5.64. The summed E-state index contributed by atoms with van der Waals surface area (Å²) in [6, 6.07) is 7.72. The largest absolute Gasteiger partial charge is 0.508 e. The lowest BCUT2D eigenvalue weighted by Crippen LogP contribution is -2.51. The van der Waals surface area contributed by atoms with Crippen LogP contribution in [0.1, 0.15) is 62.5 Å². The molecule has 1 saturated carbocycles. The molecule has 0 radical (unpaired) electrons. The fraction of sp³-hybridized carbons (Fsp3) is 0.684. The van der Waals surface area contributed by atoms with E-state index in [9.17, 15) is 5.11 Å². The van der Waals surface area contributed by atoms with Gasteiger partial charge in [-0.05, 0) is 66.8 Å². The van der Waals surface area contributed by atoms with Gasteiger partial charge in [-0.1, -0.05) is 25.8 Å². The number of phenolic OH excluding ortho intramolecular Hbond substituents is 1. The van der Waals surface area contributed by atoms with Crippen LogP contribution in [0.5, 0.6) is 5.75 Å². The molecule has 4 aliphatic rings. The van der Waals surface area contributed by atoms with Gasteiger partial charge in [0.15, 0.2) is 0 Å². The van der Waals surface area contributed by atoms with E-state index >= 15 is 0 Å². The quantitative estimate of drug-likeness (QED) is 0.912. The van der Waals surface area contributed by atoms with E-state index in [4.69, 9.17) is 0 Å². The van der Waals surface area contributed by atoms with Gasteiger partial charge in [-0.25, -0.2) is 0 Å². The smallest absolute Gasteiger partial charge is 0.115 e. The van der Waals surface area contributed by atoms with E-state index in [1.165, 1.54) is 50.6 Å². The van der Waals surface area contributed by atoms with Crippen LogP contribution in [-0.4, -0.2) is 28.6 Å². The molecule has 2 heteroatoms. The molecule has 1 N–H and O–H groups in total. The molecular weight excluding hydrogens is 258 g/mol. The lowest BCUT2D eigenvalue weighted by atomic mass is 9.64. The van der Waals surface area contributed by atoms with Crippen molar-refractivity contribution in [2.45, 2.75) is 68.9 Å². The van der Waals surface area contributed by atoms with Gasteiger partial charge in [-0.3, -0.25) is 4.90 Å². The molecule has 1 aromatic rings. The maximum absolute atomic E-state index is 9.89. The van der Waals surface area contributed by atoms with Crippen LogP contribution in [0.15, 0.2) is 18.2 Å². The van der Waals surface area contributed by atoms with E-state index in [2.05, 4.69) is 24.0 Å². The van der Waals surface area contributed by atoms with Crippen LogP contribution in [0, 0.1) is 5.92 Å². The second-order valence-corrected chi connectivity index (χ2v) is 8.27. The summed E-state index contributed by atoms with van der Waals surface area (Å²) in [5.74, 6) is 2.21. The normalized spacial score (nSPS) is 40.5. The predicted molar refractivity (Wildman–Crippen MR) is 83.7 cm³/mol. The zero-order chi connectivity index (χ0) is 14.2. The first kappa shape index (κ1) is 12.5. The fourth-order valence-electron chi connectivity index (χ4n) is 5.64. The van der Waals surface area contributed by atoms with Crippen LogP contribution < -0.4 is 0 Å². The molecule has 3 fully saturated rings. The summed E-state index contributed by atoms with van der Waals surface area (Å²) in [4.78, 5) is 2.86. The lowest BCUT2D eigenvalue weighted by Gasteiger charge is -2.49. The Balaban J connectivity index is 1.51. The van der Waals surface area contributed by atoms with Crippen LogP contribution in [0.3, 0.4) is 0 Å². The average molecular weight is 283 g/mol. The first-order valence-corrected chi connectivity index (χ1v) is 8.73. The predicted octanol–water partition coefficient (Wildman–Crippen LogP) is 3.78. The summed E-state index contributed by atoms with van der Waals surface area (Å²) < 4.78 is 0. The topological polar surface area (TPSA) is 23.5 Å². The third kappa shape index (κ3) is 1.75. The molecule has 0 aromatic heterocycles. The first-order chi connectivity index (χ1) is 10.1. The summed E-state index contributed by atoms with van der Waals surface area (Å²) in [6.45, 7) is 3.77. The zero-order valence-corrected chi connectivity index (χ0v) is 12.9. The molecule has 3 bridgehead atoms. The minimum absolute atomic E-state index is 0.298. The molecule has 21 heavy (non-hydrogen) atoms. The van der Waals surface area contributed by atoms with Gasteiger partial charge < -0.3 is 5.11 Å². The van der Waals surface area contributed by atoms with Crippen molar-refractivity contribution >= 4 is 0 Å². The van der Waals surface area contributed by atoms with Crippen LogP contribution in [0.2, 0.25) is 0 Å². The number of aromatic hydroxyl groups is 1. The average Bonchev–Trinajstić information content (AvgIpc) is 3.24. The molecule has 0 amide bonds. The minimum Gasteiger partial charge on any atom is -0.508 e. The Morgan fingerprint density at radius 1 is 1.29 bits per heavy atom. The van der Waals surface area contributed by atoms with Crippen LogP contribution in [-0.2, 0) is 5.41 Å². The summed E-state index contributed by atoms with van der Waals surface area (Å²) in [7, 11) is 0. The van der Waals surface area contributed by atoms with Gasteiger partial charge in [0.2, 0.25) is 0 Å². The van der Waals surface area contributed by atoms with Crippen molar-refractivity contribution in [3.63, 3.8) is 0 Å². The highest BCUT2D eigenvalue weighted by atomic mass is 16.3. The van der Waals surface area contributed by atoms with Crippen molar-refractivity contribution in [2.24, 2.45) is 5.92 Å². The molecule has 2 heterocycles. The van der Waals surface area contributed by atoms with Crippen LogP contribution in [0.25, 0.3) is 0 Å². The number of hydrogen-bond acceptors (Lipinski definition) is 2. The third-order valence-electron chi connectivity index (χ3n) is 6.81. The SMILES string of the molecule is CC12CC3CC(c4ccc(O)cc41)C(C2)N3CCC1CC1. The Bertz CT molecular complexity index is 589. The number of rotatable bonds is 3. The van der Waals surface area contributed by atoms with E-state index in [-0.39, 0.29) is 0 Å². The molecule has 1 aromatic carbocycles. The Hall–Kier alpha value is -1.02. The maximum atomic E-state index is 9.89.